The minimum Gasteiger partial charge on any atom is -0.332 e. The largest absolute Gasteiger partial charge is 0.332 e. The van der Waals surface area contributed by atoms with Crippen LogP contribution in [0.15, 0.2) is 29.2 Å². The van der Waals surface area contributed by atoms with E-state index in [2.05, 4.69) is 15.5 Å². The molecule has 0 fully saturated rings. The van der Waals surface area contributed by atoms with Gasteiger partial charge in [-0.15, -0.1) is 0 Å². The molecule has 2 aliphatic heterocycles. The van der Waals surface area contributed by atoms with E-state index in [1.165, 1.54) is 0 Å². The predicted molar refractivity (Wildman–Crippen MR) is 91.7 cm³/mol. The van der Waals surface area contributed by atoms with Gasteiger partial charge in [0.1, 0.15) is 0 Å². The summed E-state index contributed by atoms with van der Waals surface area (Å²) in [6.45, 7) is 5.06. The number of aromatic amines is 1. The third-order valence-electron chi connectivity index (χ3n) is 4.99. The van der Waals surface area contributed by atoms with Gasteiger partial charge in [-0.05, 0) is 25.5 Å². The number of H-pyrrole nitrogens is 1. The van der Waals surface area contributed by atoms with Crippen LogP contribution < -0.4 is 5.32 Å². The van der Waals surface area contributed by atoms with Gasteiger partial charge in [0.05, 0.1) is 21.9 Å². The van der Waals surface area contributed by atoms with Crippen LogP contribution in [0.5, 0.6) is 0 Å². The van der Waals surface area contributed by atoms with Crippen LogP contribution in [-0.2, 0) is 28.5 Å². The van der Waals surface area contributed by atoms with Crippen molar-refractivity contribution in [3.8, 4) is 0 Å². The van der Waals surface area contributed by atoms with E-state index in [4.69, 9.17) is 0 Å². The van der Waals surface area contributed by atoms with Gasteiger partial charge < -0.3 is 10.2 Å². The number of sulfone groups is 1. The number of nitrogens with one attached hydrogen (secondary N) is 2. The number of fused-ring (bicyclic) bond motifs is 2. The fourth-order valence-corrected chi connectivity index (χ4v) is 5.01. The van der Waals surface area contributed by atoms with Crippen LogP contribution in [0.25, 0.3) is 0 Å². The number of carbonyl (C=O) groups is 1. The highest BCUT2D eigenvalue weighted by atomic mass is 32.2. The van der Waals surface area contributed by atoms with Gasteiger partial charge in [-0.1, -0.05) is 18.2 Å². The monoisotopic (exact) mass is 360 g/mol. The Hall–Kier alpha value is -2.19. The van der Waals surface area contributed by atoms with E-state index in [1.807, 2.05) is 13.8 Å². The van der Waals surface area contributed by atoms with Crippen molar-refractivity contribution in [3.63, 3.8) is 0 Å². The van der Waals surface area contributed by atoms with Crippen molar-refractivity contribution in [2.45, 2.75) is 37.4 Å². The van der Waals surface area contributed by atoms with E-state index < -0.39 is 9.84 Å². The molecule has 2 aromatic rings. The predicted octanol–water partition coefficient (Wildman–Crippen LogP) is 1.18. The number of hydrogen-bond acceptors (Lipinski definition) is 5. The molecule has 0 saturated carbocycles. The molecular formula is C17H20N4O3S. The maximum Gasteiger partial charge on any atom is 0.275 e. The first-order valence-corrected chi connectivity index (χ1v) is 9.87. The van der Waals surface area contributed by atoms with E-state index in [1.54, 1.807) is 29.2 Å². The SMILES string of the molecule is CC1(C)NCc2c(C(=O)N3CCS(=O)(=O)c4ccccc4C3)n[nH]c21. The van der Waals surface area contributed by atoms with Crippen LogP contribution in [0.3, 0.4) is 0 Å². The molecule has 3 heterocycles. The Morgan fingerprint density at radius 3 is 2.84 bits per heavy atom. The minimum atomic E-state index is -3.38. The van der Waals surface area contributed by atoms with Crippen LogP contribution in [0.4, 0.5) is 0 Å². The fourth-order valence-electron chi connectivity index (χ4n) is 3.51. The average Bonchev–Trinajstić information content (AvgIpc) is 3.08. The quantitative estimate of drug-likeness (QED) is 0.796. The van der Waals surface area contributed by atoms with Gasteiger partial charge in [0, 0.05) is 25.2 Å². The smallest absolute Gasteiger partial charge is 0.275 e. The summed E-state index contributed by atoms with van der Waals surface area (Å²) in [4.78, 5) is 14.9. The van der Waals surface area contributed by atoms with Crippen LogP contribution >= 0.6 is 0 Å². The molecule has 0 saturated heterocycles. The number of aromatic nitrogens is 2. The Morgan fingerprint density at radius 2 is 2.04 bits per heavy atom. The molecule has 2 aliphatic rings. The first-order valence-electron chi connectivity index (χ1n) is 8.22. The molecule has 0 aliphatic carbocycles. The number of amides is 1. The molecule has 1 amide bonds. The summed E-state index contributed by atoms with van der Waals surface area (Å²) >= 11 is 0. The number of nitrogens with zero attached hydrogens (tertiary/aromatic N) is 2. The van der Waals surface area contributed by atoms with Gasteiger partial charge >= 0.3 is 0 Å². The Balaban J connectivity index is 1.69. The number of carbonyl (C=O) groups excluding carboxylic acids is 1. The van der Waals surface area contributed by atoms with Gasteiger partial charge in [0.15, 0.2) is 15.5 Å². The molecule has 1 aromatic carbocycles. The van der Waals surface area contributed by atoms with Crippen LogP contribution in [0.2, 0.25) is 0 Å². The first kappa shape index (κ1) is 16.3. The zero-order valence-corrected chi connectivity index (χ0v) is 15.0. The second kappa shape index (κ2) is 5.40. The molecule has 7 nitrogen and oxygen atoms in total. The number of rotatable bonds is 1. The molecule has 0 spiro atoms. The highest BCUT2D eigenvalue weighted by molar-refractivity contribution is 7.91. The van der Waals surface area contributed by atoms with Crippen molar-refractivity contribution in [1.29, 1.82) is 0 Å². The van der Waals surface area contributed by atoms with Crippen molar-refractivity contribution in [3.05, 3.63) is 46.8 Å². The van der Waals surface area contributed by atoms with Crippen LogP contribution in [0, 0.1) is 0 Å². The third kappa shape index (κ3) is 2.56. The molecule has 0 radical (unpaired) electrons. The van der Waals surface area contributed by atoms with E-state index in [0.717, 1.165) is 11.3 Å². The molecule has 0 unspecified atom stereocenters. The molecule has 0 bridgehead atoms. The van der Waals surface area contributed by atoms with Crippen molar-refractivity contribution >= 4 is 15.7 Å². The van der Waals surface area contributed by atoms with Crippen molar-refractivity contribution in [2.24, 2.45) is 0 Å². The summed E-state index contributed by atoms with van der Waals surface area (Å²) in [5, 5.41) is 10.5. The lowest BCUT2D eigenvalue weighted by atomic mass is 10.0. The molecular weight excluding hydrogens is 340 g/mol. The summed E-state index contributed by atoms with van der Waals surface area (Å²) in [6, 6.07) is 6.87. The zero-order valence-electron chi connectivity index (χ0n) is 14.2. The topological polar surface area (TPSA) is 95.2 Å². The van der Waals surface area contributed by atoms with Crippen LogP contribution in [0.1, 0.15) is 41.2 Å². The summed E-state index contributed by atoms with van der Waals surface area (Å²) in [5.41, 5.74) is 2.56. The van der Waals surface area contributed by atoms with Gasteiger partial charge in [-0.2, -0.15) is 5.10 Å². The van der Waals surface area contributed by atoms with Gasteiger partial charge in [-0.3, -0.25) is 9.89 Å². The minimum absolute atomic E-state index is 0.0773. The van der Waals surface area contributed by atoms with E-state index in [0.29, 0.717) is 22.7 Å². The lowest BCUT2D eigenvalue weighted by molar-refractivity contribution is 0.0747. The van der Waals surface area contributed by atoms with Gasteiger partial charge in [0.25, 0.3) is 5.91 Å². The lowest BCUT2D eigenvalue weighted by Gasteiger charge is -2.19. The third-order valence-corrected chi connectivity index (χ3v) is 6.78. The Labute approximate surface area is 146 Å². The molecule has 25 heavy (non-hydrogen) atoms. The maximum absolute atomic E-state index is 13.0. The first-order chi connectivity index (χ1) is 11.8. The Kier molecular flexibility index (Phi) is 3.52. The highest BCUT2D eigenvalue weighted by Crippen LogP contribution is 2.31. The van der Waals surface area contributed by atoms with E-state index in [-0.39, 0.29) is 30.3 Å². The standard InChI is InChI=1S/C17H20N4O3S/c1-17(2)15-12(9-18-17)14(19-20-15)16(22)21-7-8-25(23,24)13-6-4-3-5-11(13)10-21/h3-6,18H,7-10H2,1-2H3,(H,19,20). The number of hydrogen-bond donors (Lipinski definition) is 2. The van der Waals surface area contributed by atoms with Crippen molar-refractivity contribution in [1.82, 2.24) is 20.4 Å². The van der Waals surface area contributed by atoms with E-state index >= 15 is 0 Å². The summed E-state index contributed by atoms with van der Waals surface area (Å²) in [6.07, 6.45) is 0. The zero-order chi connectivity index (χ0) is 17.8. The molecule has 132 valence electrons. The normalized spacial score (nSPS) is 20.6. The van der Waals surface area contributed by atoms with E-state index in [9.17, 15) is 13.2 Å². The van der Waals surface area contributed by atoms with Gasteiger partial charge in [0.2, 0.25) is 0 Å². The second-order valence-electron chi connectivity index (χ2n) is 7.06. The van der Waals surface area contributed by atoms with Gasteiger partial charge in [-0.25, -0.2) is 8.42 Å². The number of benzene rings is 1. The highest BCUT2D eigenvalue weighted by Gasteiger charge is 2.37. The molecule has 8 heteroatoms. The maximum atomic E-state index is 13.0. The molecule has 0 atom stereocenters. The molecule has 4 rings (SSSR count). The average molecular weight is 360 g/mol. The van der Waals surface area contributed by atoms with Crippen LogP contribution in [-0.4, -0.2) is 41.7 Å². The van der Waals surface area contributed by atoms with Crippen molar-refractivity contribution in [2.75, 3.05) is 12.3 Å². The molecule has 2 N–H and O–H groups in total. The summed E-state index contributed by atoms with van der Waals surface area (Å²) < 4.78 is 24.9. The van der Waals surface area contributed by atoms with Crippen molar-refractivity contribution < 1.29 is 13.2 Å². The Bertz CT molecular complexity index is 962. The second-order valence-corrected chi connectivity index (χ2v) is 9.14. The Morgan fingerprint density at radius 1 is 1.28 bits per heavy atom. The lowest BCUT2D eigenvalue weighted by Crippen LogP contribution is -2.33. The molecule has 1 aromatic heterocycles. The summed E-state index contributed by atoms with van der Waals surface area (Å²) in [5.74, 6) is -0.310. The fraction of sp³-hybridized carbons (Fsp3) is 0.412. The summed E-state index contributed by atoms with van der Waals surface area (Å²) in [7, 11) is -3.38.